The van der Waals surface area contributed by atoms with Crippen molar-refractivity contribution in [3.05, 3.63) is 41.6 Å². The lowest BCUT2D eigenvalue weighted by Crippen LogP contribution is -2.40. The van der Waals surface area contributed by atoms with E-state index in [1.807, 2.05) is 23.9 Å². The molecule has 4 nitrogen and oxygen atoms in total. The molecule has 0 amide bonds. The number of hydrogen-bond acceptors (Lipinski definition) is 4. The molecular weight excluding hydrogens is 320 g/mol. The molecule has 0 aliphatic rings. The molecule has 0 aromatic heterocycles. The summed E-state index contributed by atoms with van der Waals surface area (Å²) in [5, 5.41) is 1.22. The molecule has 0 aliphatic carbocycles. The zero-order chi connectivity index (χ0) is 18.0. The Hall–Kier alpha value is -2.32. The van der Waals surface area contributed by atoms with Gasteiger partial charge in [0.2, 0.25) is 0 Å². The summed E-state index contributed by atoms with van der Waals surface area (Å²) in [6, 6.07) is 10.1. The van der Waals surface area contributed by atoms with Crippen molar-refractivity contribution in [3.8, 4) is 11.8 Å². The topological polar surface area (TPSA) is 52.6 Å². The monoisotopic (exact) mass is 344 g/mol. The van der Waals surface area contributed by atoms with Gasteiger partial charge in [0.1, 0.15) is 20.3 Å². The first-order valence-corrected chi connectivity index (χ1v) is 11.0. The van der Waals surface area contributed by atoms with Crippen molar-refractivity contribution in [1.29, 1.82) is 0 Å². The summed E-state index contributed by atoms with van der Waals surface area (Å²) in [7, 11) is -1.97. The van der Waals surface area contributed by atoms with Crippen molar-refractivity contribution in [3.63, 3.8) is 0 Å². The molecule has 1 rings (SSSR count). The summed E-state index contributed by atoms with van der Waals surface area (Å²) in [6.45, 7) is 7.95. The first-order chi connectivity index (χ1) is 11.4. The van der Waals surface area contributed by atoms with E-state index in [-0.39, 0.29) is 12.6 Å². The highest BCUT2D eigenvalue weighted by Crippen LogP contribution is 2.10. The molecular formula is C19H24O4Si. The standard InChI is InChI=1S/C19H24O4Si/c1-5-22-19(21)17(11-9-10-14-23-16(2)20)15-24(3,4)18-12-7-6-8-13-18/h6-8,12-13,15H,5,10,14H2,1-4H3/b17-15+. The Morgan fingerprint density at radius 1 is 1.17 bits per heavy atom. The molecule has 0 radical (unpaired) electrons. The van der Waals surface area contributed by atoms with Gasteiger partial charge >= 0.3 is 11.9 Å². The first-order valence-electron chi connectivity index (χ1n) is 7.94. The lowest BCUT2D eigenvalue weighted by molar-refractivity contribution is -0.141. The van der Waals surface area contributed by atoms with E-state index in [2.05, 4.69) is 37.1 Å². The van der Waals surface area contributed by atoms with Crippen molar-refractivity contribution in [2.75, 3.05) is 13.2 Å². The second kappa shape index (κ2) is 9.73. The minimum absolute atomic E-state index is 0.220. The van der Waals surface area contributed by atoms with Crippen LogP contribution in [0.2, 0.25) is 13.1 Å². The van der Waals surface area contributed by atoms with E-state index in [1.54, 1.807) is 6.92 Å². The molecule has 0 atom stereocenters. The van der Waals surface area contributed by atoms with Crippen molar-refractivity contribution < 1.29 is 19.1 Å². The van der Waals surface area contributed by atoms with Gasteiger partial charge in [-0.3, -0.25) is 4.79 Å². The van der Waals surface area contributed by atoms with Crippen LogP contribution in [0.1, 0.15) is 20.3 Å². The van der Waals surface area contributed by atoms with Gasteiger partial charge in [-0.1, -0.05) is 66.2 Å². The Morgan fingerprint density at radius 3 is 2.42 bits per heavy atom. The Kier molecular flexibility index (Phi) is 8.00. The van der Waals surface area contributed by atoms with E-state index in [0.29, 0.717) is 18.6 Å². The molecule has 128 valence electrons. The summed E-state index contributed by atoms with van der Waals surface area (Å²) in [4.78, 5) is 22.9. The molecule has 0 unspecified atom stereocenters. The van der Waals surface area contributed by atoms with Gasteiger partial charge in [-0.05, 0) is 6.92 Å². The minimum Gasteiger partial charge on any atom is -0.465 e. The Balaban J connectivity index is 2.98. The SMILES string of the molecule is CCOC(=O)/C(C#CCCOC(C)=O)=C/[Si](C)(C)c1ccccc1. The van der Waals surface area contributed by atoms with Crippen LogP contribution in [0, 0.1) is 11.8 Å². The number of rotatable bonds is 6. The van der Waals surface area contributed by atoms with E-state index in [4.69, 9.17) is 9.47 Å². The highest BCUT2D eigenvalue weighted by atomic mass is 28.3. The summed E-state index contributed by atoms with van der Waals surface area (Å²) >= 11 is 0. The molecule has 0 saturated carbocycles. The molecule has 1 aromatic rings. The van der Waals surface area contributed by atoms with Gasteiger partial charge < -0.3 is 9.47 Å². The van der Waals surface area contributed by atoms with Gasteiger partial charge in [0, 0.05) is 13.3 Å². The number of carbonyl (C=O) groups excluding carboxylic acids is 2. The average Bonchev–Trinajstić information content (AvgIpc) is 2.54. The van der Waals surface area contributed by atoms with E-state index in [9.17, 15) is 9.59 Å². The Labute approximate surface area is 144 Å². The molecule has 1 aromatic carbocycles. The molecule has 24 heavy (non-hydrogen) atoms. The summed E-state index contributed by atoms with van der Waals surface area (Å²) in [6.07, 6.45) is 0.379. The van der Waals surface area contributed by atoms with Crippen LogP contribution in [0.3, 0.4) is 0 Å². The Morgan fingerprint density at radius 2 is 1.83 bits per heavy atom. The van der Waals surface area contributed by atoms with Crippen LogP contribution in [0.15, 0.2) is 41.6 Å². The quantitative estimate of drug-likeness (QED) is 0.262. The molecule has 0 saturated heterocycles. The smallest absolute Gasteiger partial charge is 0.345 e. The van der Waals surface area contributed by atoms with Crippen LogP contribution in [0.4, 0.5) is 0 Å². The van der Waals surface area contributed by atoms with Gasteiger partial charge in [0.15, 0.2) is 0 Å². The number of hydrogen-bond donors (Lipinski definition) is 0. The van der Waals surface area contributed by atoms with Crippen LogP contribution >= 0.6 is 0 Å². The summed E-state index contributed by atoms with van der Waals surface area (Å²) < 4.78 is 9.94. The van der Waals surface area contributed by atoms with Crippen LogP contribution in [0.5, 0.6) is 0 Å². The van der Waals surface area contributed by atoms with Crippen LogP contribution in [0.25, 0.3) is 0 Å². The normalized spacial score (nSPS) is 11.2. The third kappa shape index (κ3) is 6.84. The lowest BCUT2D eigenvalue weighted by Gasteiger charge is -2.19. The van der Waals surface area contributed by atoms with Crippen LogP contribution < -0.4 is 5.19 Å². The fraction of sp³-hybridized carbons (Fsp3) is 0.368. The molecule has 0 fully saturated rings. The number of benzene rings is 1. The molecule has 5 heteroatoms. The summed E-state index contributed by atoms with van der Waals surface area (Å²) in [5.41, 5.74) is 2.33. The fourth-order valence-electron chi connectivity index (χ4n) is 2.07. The maximum atomic E-state index is 12.2. The van der Waals surface area contributed by atoms with Gasteiger partial charge in [-0.15, -0.1) is 0 Å². The molecule has 0 spiro atoms. The van der Waals surface area contributed by atoms with E-state index < -0.39 is 14.0 Å². The number of carbonyl (C=O) groups is 2. The number of ether oxygens (including phenoxy) is 2. The van der Waals surface area contributed by atoms with E-state index in [1.165, 1.54) is 12.1 Å². The third-order valence-electron chi connectivity index (χ3n) is 3.27. The van der Waals surface area contributed by atoms with Crippen molar-refractivity contribution in [2.45, 2.75) is 33.4 Å². The van der Waals surface area contributed by atoms with Crippen LogP contribution in [-0.2, 0) is 19.1 Å². The maximum Gasteiger partial charge on any atom is 0.345 e. The average molecular weight is 344 g/mol. The lowest BCUT2D eigenvalue weighted by atomic mass is 10.3. The predicted molar refractivity (Wildman–Crippen MR) is 97.3 cm³/mol. The second-order valence-electron chi connectivity index (χ2n) is 5.76. The highest BCUT2D eigenvalue weighted by molar-refractivity contribution is 6.94. The van der Waals surface area contributed by atoms with Gasteiger partial charge in [0.25, 0.3) is 0 Å². The van der Waals surface area contributed by atoms with Gasteiger partial charge in [-0.2, -0.15) is 0 Å². The molecule has 0 heterocycles. The fourth-order valence-corrected chi connectivity index (χ4v) is 4.20. The van der Waals surface area contributed by atoms with E-state index in [0.717, 1.165) is 0 Å². The minimum atomic E-state index is -1.97. The van der Waals surface area contributed by atoms with Crippen LogP contribution in [-0.4, -0.2) is 33.2 Å². The molecule has 0 aliphatic heterocycles. The predicted octanol–water partition coefficient (Wildman–Crippen LogP) is 2.59. The zero-order valence-corrected chi connectivity index (χ0v) is 15.7. The Bertz CT molecular complexity index is 651. The number of esters is 2. The molecule has 0 bridgehead atoms. The van der Waals surface area contributed by atoms with Gasteiger partial charge in [-0.25, -0.2) is 4.79 Å². The maximum absolute atomic E-state index is 12.2. The van der Waals surface area contributed by atoms with Crippen molar-refractivity contribution >= 4 is 25.2 Å². The second-order valence-corrected chi connectivity index (χ2v) is 10.1. The largest absolute Gasteiger partial charge is 0.465 e. The van der Waals surface area contributed by atoms with Crippen molar-refractivity contribution in [2.24, 2.45) is 0 Å². The molecule has 0 N–H and O–H groups in total. The summed E-state index contributed by atoms with van der Waals surface area (Å²) in [5.74, 6) is 5.02. The van der Waals surface area contributed by atoms with Crippen molar-refractivity contribution in [1.82, 2.24) is 0 Å². The van der Waals surface area contributed by atoms with E-state index >= 15 is 0 Å². The third-order valence-corrected chi connectivity index (χ3v) is 6.11. The van der Waals surface area contributed by atoms with Gasteiger partial charge in [0.05, 0.1) is 6.61 Å². The highest BCUT2D eigenvalue weighted by Gasteiger charge is 2.23. The zero-order valence-electron chi connectivity index (χ0n) is 14.7. The first kappa shape index (κ1) is 19.7.